The van der Waals surface area contributed by atoms with Crippen LogP contribution in [0.3, 0.4) is 0 Å². The molecule has 1 unspecified atom stereocenters. The van der Waals surface area contributed by atoms with Crippen molar-refractivity contribution in [3.8, 4) is 0 Å². The molecule has 1 fully saturated rings. The molecule has 1 heterocycles. The highest BCUT2D eigenvalue weighted by atomic mass is 16.5. The predicted octanol–water partition coefficient (Wildman–Crippen LogP) is 1.50. The number of aliphatic hydroxyl groups excluding tert-OH is 1. The minimum Gasteiger partial charge on any atom is -0.394 e. The molecule has 1 aromatic carbocycles. The molecule has 0 spiro atoms. The number of aryl methyl sites for hydroxylation is 2. The monoisotopic (exact) mass is 221 g/mol. The second-order valence-corrected chi connectivity index (χ2v) is 4.39. The zero-order chi connectivity index (χ0) is 11.5. The number of nitrogens with zero attached hydrogens (tertiary/aromatic N) is 1. The third kappa shape index (κ3) is 2.20. The Morgan fingerprint density at radius 1 is 1.44 bits per heavy atom. The number of anilines is 1. The summed E-state index contributed by atoms with van der Waals surface area (Å²) in [5.41, 5.74) is 3.75. The van der Waals surface area contributed by atoms with Gasteiger partial charge in [0.25, 0.3) is 0 Å². The van der Waals surface area contributed by atoms with Gasteiger partial charge in [0.1, 0.15) is 0 Å². The van der Waals surface area contributed by atoms with Crippen LogP contribution in [0.5, 0.6) is 0 Å². The summed E-state index contributed by atoms with van der Waals surface area (Å²) in [5.74, 6) is 0. The lowest BCUT2D eigenvalue weighted by atomic mass is 10.1. The Hall–Kier alpha value is -1.06. The Morgan fingerprint density at radius 2 is 2.25 bits per heavy atom. The van der Waals surface area contributed by atoms with Gasteiger partial charge in [-0.15, -0.1) is 0 Å². The molecular weight excluding hydrogens is 202 g/mol. The van der Waals surface area contributed by atoms with E-state index >= 15 is 0 Å². The molecule has 0 radical (unpaired) electrons. The molecule has 1 aliphatic heterocycles. The second kappa shape index (κ2) is 4.85. The van der Waals surface area contributed by atoms with Crippen molar-refractivity contribution in [2.75, 3.05) is 31.3 Å². The Kier molecular flexibility index (Phi) is 3.46. The van der Waals surface area contributed by atoms with Crippen LogP contribution in [0.1, 0.15) is 11.1 Å². The number of hydrogen-bond acceptors (Lipinski definition) is 3. The van der Waals surface area contributed by atoms with Gasteiger partial charge < -0.3 is 14.7 Å². The van der Waals surface area contributed by atoms with Crippen LogP contribution in [0.15, 0.2) is 18.2 Å². The number of benzene rings is 1. The summed E-state index contributed by atoms with van der Waals surface area (Å²) in [6, 6.07) is 6.53. The minimum atomic E-state index is 0.0927. The molecule has 0 saturated carbocycles. The Balaban J connectivity index is 2.27. The lowest BCUT2D eigenvalue weighted by molar-refractivity contribution is 0.0726. The minimum absolute atomic E-state index is 0.0927. The van der Waals surface area contributed by atoms with Gasteiger partial charge in [0, 0.05) is 12.2 Å². The zero-order valence-corrected chi connectivity index (χ0v) is 9.94. The van der Waals surface area contributed by atoms with E-state index in [1.54, 1.807) is 0 Å². The quantitative estimate of drug-likeness (QED) is 0.821. The second-order valence-electron chi connectivity index (χ2n) is 4.39. The molecule has 1 aromatic rings. The summed E-state index contributed by atoms with van der Waals surface area (Å²) < 4.78 is 5.39. The number of ether oxygens (including phenoxy) is 1. The molecule has 88 valence electrons. The van der Waals surface area contributed by atoms with Crippen LogP contribution in [0, 0.1) is 13.8 Å². The van der Waals surface area contributed by atoms with E-state index in [0.29, 0.717) is 6.61 Å². The van der Waals surface area contributed by atoms with E-state index in [1.807, 2.05) is 0 Å². The fraction of sp³-hybridized carbons (Fsp3) is 0.538. The first-order chi connectivity index (χ1) is 7.72. The van der Waals surface area contributed by atoms with Crippen LogP contribution in [-0.4, -0.2) is 37.5 Å². The first kappa shape index (κ1) is 11.4. The fourth-order valence-corrected chi connectivity index (χ4v) is 2.25. The van der Waals surface area contributed by atoms with Crippen molar-refractivity contribution in [1.82, 2.24) is 0 Å². The third-order valence-electron chi connectivity index (χ3n) is 3.10. The fourth-order valence-electron chi connectivity index (χ4n) is 2.25. The molecule has 1 aliphatic rings. The highest BCUT2D eigenvalue weighted by Gasteiger charge is 2.23. The molecule has 1 N–H and O–H groups in total. The lowest BCUT2D eigenvalue weighted by Crippen LogP contribution is -2.47. The SMILES string of the molecule is Cc1ccc(N2CCOCC2CO)c(C)c1. The van der Waals surface area contributed by atoms with Crippen molar-refractivity contribution in [3.05, 3.63) is 29.3 Å². The van der Waals surface area contributed by atoms with Crippen LogP contribution in [0.25, 0.3) is 0 Å². The van der Waals surface area contributed by atoms with Crippen LogP contribution in [0.4, 0.5) is 5.69 Å². The average molecular weight is 221 g/mol. The molecule has 0 aromatic heterocycles. The van der Waals surface area contributed by atoms with Crippen LogP contribution < -0.4 is 4.90 Å². The number of hydrogen-bond donors (Lipinski definition) is 1. The molecule has 16 heavy (non-hydrogen) atoms. The predicted molar refractivity (Wildman–Crippen MR) is 65.0 cm³/mol. The van der Waals surface area contributed by atoms with Crippen molar-refractivity contribution in [1.29, 1.82) is 0 Å². The van der Waals surface area contributed by atoms with Gasteiger partial charge in [0.05, 0.1) is 25.9 Å². The topological polar surface area (TPSA) is 32.7 Å². The lowest BCUT2D eigenvalue weighted by Gasteiger charge is -2.37. The van der Waals surface area contributed by atoms with E-state index in [2.05, 4.69) is 36.9 Å². The number of rotatable bonds is 2. The molecule has 0 amide bonds. The zero-order valence-electron chi connectivity index (χ0n) is 9.94. The van der Waals surface area contributed by atoms with E-state index in [4.69, 9.17) is 4.74 Å². The molecule has 1 saturated heterocycles. The molecule has 2 rings (SSSR count). The molecule has 3 heteroatoms. The maximum atomic E-state index is 9.35. The van der Waals surface area contributed by atoms with Crippen LogP contribution in [0.2, 0.25) is 0 Å². The summed E-state index contributed by atoms with van der Waals surface area (Å²) >= 11 is 0. The van der Waals surface area contributed by atoms with Gasteiger partial charge in [-0.3, -0.25) is 0 Å². The summed E-state index contributed by atoms with van der Waals surface area (Å²) in [4.78, 5) is 2.25. The van der Waals surface area contributed by atoms with Crippen molar-refractivity contribution in [3.63, 3.8) is 0 Å². The summed E-state index contributed by atoms with van der Waals surface area (Å²) in [6.07, 6.45) is 0. The Labute approximate surface area is 96.6 Å². The smallest absolute Gasteiger partial charge is 0.0755 e. The highest BCUT2D eigenvalue weighted by Crippen LogP contribution is 2.24. The van der Waals surface area contributed by atoms with E-state index in [-0.39, 0.29) is 12.6 Å². The van der Waals surface area contributed by atoms with Crippen LogP contribution in [-0.2, 0) is 4.74 Å². The van der Waals surface area contributed by atoms with Crippen molar-refractivity contribution in [2.45, 2.75) is 19.9 Å². The van der Waals surface area contributed by atoms with Gasteiger partial charge in [0.2, 0.25) is 0 Å². The van der Waals surface area contributed by atoms with Gasteiger partial charge in [-0.05, 0) is 25.5 Å². The van der Waals surface area contributed by atoms with Gasteiger partial charge in [0.15, 0.2) is 0 Å². The Morgan fingerprint density at radius 3 is 2.94 bits per heavy atom. The van der Waals surface area contributed by atoms with Gasteiger partial charge in [-0.25, -0.2) is 0 Å². The van der Waals surface area contributed by atoms with E-state index < -0.39 is 0 Å². The maximum absolute atomic E-state index is 9.35. The molecule has 3 nitrogen and oxygen atoms in total. The molecular formula is C13H19NO2. The van der Waals surface area contributed by atoms with Gasteiger partial charge >= 0.3 is 0 Å². The number of morpholine rings is 1. The first-order valence-corrected chi connectivity index (χ1v) is 5.75. The maximum Gasteiger partial charge on any atom is 0.0755 e. The standard InChI is InChI=1S/C13H19NO2/c1-10-3-4-13(11(2)7-10)14-5-6-16-9-12(14)8-15/h3-4,7,12,15H,5-6,8-9H2,1-2H3. The first-order valence-electron chi connectivity index (χ1n) is 5.75. The molecule has 0 aliphatic carbocycles. The third-order valence-corrected chi connectivity index (χ3v) is 3.10. The van der Waals surface area contributed by atoms with E-state index in [0.717, 1.165) is 13.2 Å². The summed E-state index contributed by atoms with van der Waals surface area (Å²) in [5, 5.41) is 9.35. The summed E-state index contributed by atoms with van der Waals surface area (Å²) in [7, 11) is 0. The normalized spacial score (nSPS) is 21.2. The largest absolute Gasteiger partial charge is 0.394 e. The van der Waals surface area contributed by atoms with Crippen LogP contribution >= 0.6 is 0 Å². The molecule has 0 bridgehead atoms. The highest BCUT2D eigenvalue weighted by molar-refractivity contribution is 5.55. The number of aliphatic hydroxyl groups is 1. The van der Waals surface area contributed by atoms with E-state index in [1.165, 1.54) is 16.8 Å². The van der Waals surface area contributed by atoms with Crippen molar-refractivity contribution >= 4 is 5.69 Å². The van der Waals surface area contributed by atoms with E-state index in [9.17, 15) is 5.11 Å². The van der Waals surface area contributed by atoms with Gasteiger partial charge in [-0.2, -0.15) is 0 Å². The molecule has 1 atom stereocenters. The van der Waals surface area contributed by atoms with Crippen molar-refractivity contribution < 1.29 is 9.84 Å². The summed E-state index contributed by atoms with van der Waals surface area (Å²) in [6.45, 7) is 6.57. The van der Waals surface area contributed by atoms with Gasteiger partial charge in [-0.1, -0.05) is 17.7 Å². The Bertz CT molecular complexity index is 365. The average Bonchev–Trinajstić information content (AvgIpc) is 2.29. The van der Waals surface area contributed by atoms with Crippen molar-refractivity contribution in [2.24, 2.45) is 0 Å².